The first-order chi connectivity index (χ1) is 10.0. The fourth-order valence-electron chi connectivity index (χ4n) is 2.07. The summed E-state index contributed by atoms with van der Waals surface area (Å²) >= 11 is 0. The number of rotatable bonds is 6. The first kappa shape index (κ1) is 15.0. The van der Waals surface area contributed by atoms with Crippen molar-refractivity contribution in [1.29, 1.82) is 0 Å². The van der Waals surface area contributed by atoms with Gasteiger partial charge in [0.25, 0.3) is 5.69 Å². The number of aliphatic hydroxyl groups is 1. The molecule has 7 nitrogen and oxygen atoms in total. The Morgan fingerprint density at radius 1 is 1.33 bits per heavy atom. The van der Waals surface area contributed by atoms with Gasteiger partial charge in [-0.3, -0.25) is 10.1 Å². The van der Waals surface area contributed by atoms with Gasteiger partial charge in [-0.25, -0.2) is 4.68 Å². The average molecular weight is 290 g/mol. The van der Waals surface area contributed by atoms with Crippen molar-refractivity contribution in [1.82, 2.24) is 9.78 Å². The van der Waals surface area contributed by atoms with Gasteiger partial charge in [-0.1, -0.05) is 12.1 Å². The quantitative estimate of drug-likeness (QED) is 0.627. The number of nitro benzene ring substituents is 1. The average Bonchev–Trinajstić information content (AvgIpc) is 2.73. The molecular formula is C14H18N4O3. The number of hydrogen-bond acceptors (Lipinski definition) is 5. The van der Waals surface area contributed by atoms with E-state index in [-0.39, 0.29) is 12.3 Å². The summed E-state index contributed by atoms with van der Waals surface area (Å²) in [5, 5.41) is 27.3. The number of nitro groups is 1. The predicted octanol–water partition coefficient (Wildman–Crippen LogP) is 2.01. The number of aliphatic hydroxyl groups excluding tert-OH is 1. The van der Waals surface area contributed by atoms with Gasteiger partial charge in [0, 0.05) is 24.2 Å². The smallest absolute Gasteiger partial charge is 0.269 e. The third-order valence-electron chi connectivity index (χ3n) is 3.35. The van der Waals surface area contributed by atoms with E-state index in [1.165, 1.54) is 12.1 Å². The van der Waals surface area contributed by atoms with E-state index < -0.39 is 4.92 Å². The number of aromatic nitrogens is 2. The van der Waals surface area contributed by atoms with Crippen LogP contribution in [0.25, 0.3) is 0 Å². The van der Waals surface area contributed by atoms with Crippen LogP contribution in [0.1, 0.15) is 16.8 Å². The van der Waals surface area contributed by atoms with Crippen molar-refractivity contribution in [3.63, 3.8) is 0 Å². The molecule has 0 amide bonds. The Morgan fingerprint density at radius 3 is 2.57 bits per heavy atom. The summed E-state index contributed by atoms with van der Waals surface area (Å²) in [7, 11) is 0. The van der Waals surface area contributed by atoms with Crippen molar-refractivity contribution in [2.24, 2.45) is 0 Å². The standard InChI is InChI=1S/C14H18N4O3/c1-10-11(2)16-17(7-8-19)14(10)15-9-12-3-5-13(6-4-12)18(20)21/h3-6,15,19H,7-9H2,1-2H3. The first-order valence-corrected chi connectivity index (χ1v) is 6.65. The molecular weight excluding hydrogens is 272 g/mol. The summed E-state index contributed by atoms with van der Waals surface area (Å²) in [5.41, 5.74) is 2.96. The number of anilines is 1. The Labute approximate surface area is 122 Å². The molecule has 0 unspecified atom stereocenters. The van der Waals surface area contributed by atoms with Crippen LogP contribution in [0.15, 0.2) is 24.3 Å². The maximum Gasteiger partial charge on any atom is 0.269 e. The molecule has 0 aliphatic heterocycles. The Bertz CT molecular complexity index is 634. The highest BCUT2D eigenvalue weighted by atomic mass is 16.6. The fraction of sp³-hybridized carbons (Fsp3) is 0.357. The second-order valence-corrected chi connectivity index (χ2v) is 4.78. The topological polar surface area (TPSA) is 93.2 Å². The van der Waals surface area contributed by atoms with Gasteiger partial charge >= 0.3 is 0 Å². The van der Waals surface area contributed by atoms with Crippen LogP contribution in [0.5, 0.6) is 0 Å². The van der Waals surface area contributed by atoms with Gasteiger partial charge in [0.2, 0.25) is 0 Å². The maximum absolute atomic E-state index is 10.6. The molecule has 0 radical (unpaired) electrons. The van der Waals surface area contributed by atoms with E-state index in [0.29, 0.717) is 13.1 Å². The van der Waals surface area contributed by atoms with E-state index >= 15 is 0 Å². The zero-order valence-electron chi connectivity index (χ0n) is 12.0. The summed E-state index contributed by atoms with van der Waals surface area (Å²) in [6.45, 7) is 4.87. The Hall–Kier alpha value is -2.41. The minimum absolute atomic E-state index is 0.0206. The number of nitrogens with one attached hydrogen (secondary N) is 1. The van der Waals surface area contributed by atoms with Gasteiger partial charge in [0.05, 0.1) is 23.8 Å². The highest BCUT2D eigenvalue weighted by molar-refractivity contribution is 5.47. The summed E-state index contributed by atoms with van der Waals surface area (Å²) in [6, 6.07) is 6.42. The maximum atomic E-state index is 10.6. The van der Waals surface area contributed by atoms with Crippen LogP contribution < -0.4 is 5.32 Å². The summed E-state index contributed by atoms with van der Waals surface area (Å²) in [5.74, 6) is 0.861. The minimum Gasteiger partial charge on any atom is -0.394 e. The van der Waals surface area contributed by atoms with Crippen LogP contribution in [-0.4, -0.2) is 26.4 Å². The van der Waals surface area contributed by atoms with Gasteiger partial charge in [0.1, 0.15) is 5.82 Å². The largest absolute Gasteiger partial charge is 0.394 e. The molecule has 0 saturated heterocycles. The molecule has 0 fully saturated rings. The van der Waals surface area contributed by atoms with E-state index in [9.17, 15) is 10.1 Å². The lowest BCUT2D eigenvalue weighted by Crippen LogP contribution is -2.10. The molecule has 2 N–H and O–H groups in total. The number of nitrogens with zero attached hydrogens (tertiary/aromatic N) is 3. The van der Waals surface area contributed by atoms with Crippen LogP contribution in [-0.2, 0) is 13.1 Å². The third-order valence-corrected chi connectivity index (χ3v) is 3.35. The Kier molecular flexibility index (Phi) is 4.54. The minimum atomic E-state index is -0.416. The normalized spacial score (nSPS) is 10.6. The molecule has 0 bridgehead atoms. The van der Waals surface area contributed by atoms with Crippen LogP contribution in [0.2, 0.25) is 0 Å². The summed E-state index contributed by atoms with van der Waals surface area (Å²) < 4.78 is 1.73. The van der Waals surface area contributed by atoms with E-state index in [1.807, 2.05) is 13.8 Å². The summed E-state index contributed by atoms with van der Waals surface area (Å²) in [6.07, 6.45) is 0. The van der Waals surface area contributed by atoms with Crippen molar-refractivity contribution in [2.75, 3.05) is 11.9 Å². The molecule has 0 aliphatic carbocycles. The molecule has 0 atom stereocenters. The van der Waals surface area contributed by atoms with E-state index in [2.05, 4.69) is 10.4 Å². The van der Waals surface area contributed by atoms with E-state index in [4.69, 9.17) is 5.11 Å². The highest BCUT2D eigenvalue weighted by Gasteiger charge is 2.11. The second kappa shape index (κ2) is 6.36. The van der Waals surface area contributed by atoms with Crippen molar-refractivity contribution >= 4 is 11.5 Å². The van der Waals surface area contributed by atoms with Crippen LogP contribution in [0, 0.1) is 24.0 Å². The van der Waals surface area contributed by atoms with Gasteiger partial charge in [-0.15, -0.1) is 0 Å². The molecule has 0 spiro atoms. The SMILES string of the molecule is Cc1nn(CCO)c(NCc2ccc([N+](=O)[O-])cc2)c1C. The molecule has 0 saturated carbocycles. The number of hydrogen-bond donors (Lipinski definition) is 2. The molecule has 0 aliphatic rings. The fourth-order valence-corrected chi connectivity index (χ4v) is 2.07. The van der Waals surface area contributed by atoms with Crippen LogP contribution >= 0.6 is 0 Å². The third kappa shape index (κ3) is 3.38. The molecule has 2 rings (SSSR count). The zero-order chi connectivity index (χ0) is 15.4. The highest BCUT2D eigenvalue weighted by Crippen LogP contribution is 2.20. The van der Waals surface area contributed by atoms with Crippen molar-refractivity contribution in [3.05, 3.63) is 51.2 Å². The number of benzene rings is 1. The van der Waals surface area contributed by atoms with Crippen LogP contribution in [0.4, 0.5) is 11.5 Å². The molecule has 1 aromatic carbocycles. The van der Waals surface area contributed by atoms with Crippen molar-refractivity contribution in [3.8, 4) is 0 Å². The Morgan fingerprint density at radius 2 is 2.00 bits per heavy atom. The first-order valence-electron chi connectivity index (χ1n) is 6.65. The van der Waals surface area contributed by atoms with Gasteiger partial charge in [0.15, 0.2) is 0 Å². The van der Waals surface area contributed by atoms with Gasteiger partial charge in [-0.05, 0) is 19.4 Å². The van der Waals surface area contributed by atoms with Gasteiger partial charge < -0.3 is 10.4 Å². The monoisotopic (exact) mass is 290 g/mol. The number of non-ortho nitro benzene ring substituents is 1. The Balaban J connectivity index is 2.10. The molecule has 2 aromatic rings. The van der Waals surface area contributed by atoms with Gasteiger partial charge in [-0.2, -0.15) is 5.10 Å². The lowest BCUT2D eigenvalue weighted by atomic mass is 10.2. The van der Waals surface area contributed by atoms with Crippen molar-refractivity contribution < 1.29 is 10.0 Å². The molecule has 1 aromatic heterocycles. The molecule has 112 valence electrons. The van der Waals surface area contributed by atoms with Crippen molar-refractivity contribution in [2.45, 2.75) is 26.9 Å². The summed E-state index contributed by atoms with van der Waals surface area (Å²) in [4.78, 5) is 10.2. The molecule has 1 heterocycles. The lowest BCUT2D eigenvalue weighted by Gasteiger charge is -2.10. The van der Waals surface area contributed by atoms with E-state index in [1.54, 1.807) is 16.8 Å². The molecule has 21 heavy (non-hydrogen) atoms. The number of aryl methyl sites for hydroxylation is 1. The van der Waals surface area contributed by atoms with Crippen LogP contribution in [0.3, 0.4) is 0 Å². The molecule has 7 heteroatoms. The lowest BCUT2D eigenvalue weighted by molar-refractivity contribution is -0.384. The second-order valence-electron chi connectivity index (χ2n) is 4.78. The zero-order valence-corrected chi connectivity index (χ0v) is 12.0. The predicted molar refractivity (Wildman–Crippen MR) is 79.2 cm³/mol. The van der Waals surface area contributed by atoms with E-state index in [0.717, 1.165) is 22.6 Å².